The van der Waals surface area contributed by atoms with Crippen LogP contribution in [0.5, 0.6) is 5.75 Å². The maximum atomic E-state index is 9.28. The largest absolute Gasteiger partial charge is 0.497 e. The Morgan fingerprint density at radius 1 is 1.07 bits per heavy atom. The van der Waals surface area contributed by atoms with Crippen molar-refractivity contribution in [1.29, 1.82) is 0 Å². The molecule has 1 aromatic rings. The maximum absolute atomic E-state index is 9.28. The smallest absolute Gasteiger partial charge is 0.218 e. The Hall–Kier alpha value is -1.10. The second-order valence-corrected chi connectivity index (χ2v) is 3.05. The molecule has 1 N–H and O–H groups in total. The zero-order chi connectivity index (χ0) is 11.3. The Bertz CT molecular complexity index is 282. The van der Waals surface area contributed by atoms with Crippen LogP contribution in [0.4, 0.5) is 0 Å². The minimum atomic E-state index is -1.09. The minimum Gasteiger partial charge on any atom is -0.497 e. The molecule has 15 heavy (non-hydrogen) atoms. The molecule has 0 spiro atoms. The molecule has 0 aliphatic carbocycles. The molecule has 4 nitrogen and oxygen atoms in total. The molecule has 0 aromatic heterocycles. The minimum absolute atomic E-state index is 0.244. The zero-order valence-corrected chi connectivity index (χ0v) is 9.19. The molecule has 0 heterocycles. The van der Waals surface area contributed by atoms with E-state index >= 15 is 0 Å². The van der Waals surface area contributed by atoms with Crippen molar-refractivity contribution in [3.63, 3.8) is 0 Å². The van der Waals surface area contributed by atoms with Gasteiger partial charge in [-0.2, -0.15) is 0 Å². The zero-order valence-electron chi connectivity index (χ0n) is 9.19. The average Bonchev–Trinajstić information content (AvgIpc) is 2.33. The van der Waals surface area contributed by atoms with E-state index in [4.69, 9.17) is 14.2 Å². The van der Waals surface area contributed by atoms with E-state index in [9.17, 15) is 5.11 Å². The van der Waals surface area contributed by atoms with E-state index < -0.39 is 5.79 Å². The summed E-state index contributed by atoms with van der Waals surface area (Å²) in [4.78, 5) is 0. The van der Waals surface area contributed by atoms with E-state index in [1.807, 2.05) is 0 Å². The van der Waals surface area contributed by atoms with Crippen molar-refractivity contribution in [3.8, 4) is 5.75 Å². The fourth-order valence-electron chi connectivity index (χ4n) is 1.38. The Labute approximate surface area is 89.4 Å². The lowest BCUT2D eigenvalue weighted by atomic mass is 10.1. The van der Waals surface area contributed by atoms with Gasteiger partial charge in [0, 0.05) is 19.8 Å². The van der Waals surface area contributed by atoms with E-state index in [-0.39, 0.29) is 6.61 Å². The van der Waals surface area contributed by atoms with Gasteiger partial charge in [0.25, 0.3) is 0 Å². The highest BCUT2D eigenvalue weighted by Crippen LogP contribution is 2.26. The summed E-state index contributed by atoms with van der Waals surface area (Å²) in [5.41, 5.74) is 0.746. The van der Waals surface area contributed by atoms with Crippen molar-refractivity contribution >= 4 is 0 Å². The molecular formula is C11H16O4. The van der Waals surface area contributed by atoms with Crippen LogP contribution in [0.2, 0.25) is 0 Å². The van der Waals surface area contributed by atoms with Crippen molar-refractivity contribution in [2.24, 2.45) is 0 Å². The summed E-state index contributed by atoms with van der Waals surface area (Å²) in [6.07, 6.45) is 0. The van der Waals surface area contributed by atoms with Crippen LogP contribution in [-0.2, 0) is 15.3 Å². The number of hydrogen-bond acceptors (Lipinski definition) is 4. The van der Waals surface area contributed by atoms with Crippen molar-refractivity contribution in [2.45, 2.75) is 5.79 Å². The standard InChI is InChI=1S/C11H16O4/c1-13-10-6-4-9(5-7-10)11(8-12,14-2)15-3/h4-7,12H,8H2,1-3H3. The van der Waals surface area contributed by atoms with Crippen LogP contribution in [-0.4, -0.2) is 33.0 Å². The average molecular weight is 212 g/mol. The molecule has 4 heteroatoms. The van der Waals surface area contributed by atoms with Gasteiger partial charge in [-0.15, -0.1) is 0 Å². The summed E-state index contributed by atoms with van der Waals surface area (Å²) in [5, 5.41) is 9.28. The van der Waals surface area contributed by atoms with Gasteiger partial charge in [0.15, 0.2) is 0 Å². The Morgan fingerprint density at radius 2 is 1.60 bits per heavy atom. The van der Waals surface area contributed by atoms with Gasteiger partial charge in [-0.25, -0.2) is 0 Å². The summed E-state index contributed by atoms with van der Waals surface area (Å²) >= 11 is 0. The summed E-state index contributed by atoms with van der Waals surface area (Å²) < 4.78 is 15.4. The van der Waals surface area contributed by atoms with Crippen LogP contribution in [0.1, 0.15) is 5.56 Å². The fraction of sp³-hybridized carbons (Fsp3) is 0.455. The van der Waals surface area contributed by atoms with E-state index in [2.05, 4.69) is 0 Å². The summed E-state index contributed by atoms with van der Waals surface area (Å²) in [7, 11) is 4.58. The van der Waals surface area contributed by atoms with Crippen LogP contribution >= 0.6 is 0 Å². The quantitative estimate of drug-likeness (QED) is 0.743. The van der Waals surface area contributed by atoms with E-state index in [0.717, 1.165) is 11.3 Å². The molecule has 1 aromatic carbocycles. The fourth-order valence-corrected chi connectivity index (χ4v) is 1.38. The van der Waals surface area contributed by atoms with Gasteiger partial charge in [-0.05, 0) is 24.3 Å². The number of benzene rings is 1. The van der Waals surface area contributed by atoms with Crippen molar-refractivity contribution < 1.29 is 19.3 Å². The number of rotatable bonds is 5. The van der Waals surface area contributed by atoms with Gasteiger partial charge in [0.05, 0.1) is 7.11 Å². The predicted molar refractivity (Wildman–Crippen MR) is 55.8 cm³/mol. The van der Waals surface area contributed by atoms with Crippen molar-refractivity contribution in [2.75, 3.05) is 27.9 Å². The first-order chi connectivity index (χ1) is 7.22. The summed E-state index contributed by atoms with van der Waals surface area (Å²) in [6, 6.07) is 7.17. The second-order valence-electron chi connectivity index (χ2n) is 3.05. The SMILES string of the molecule is COc1ccc(C(CO)(OC)OC)cc1. The molecule has 84 valence electrons. The van der Waals surface area contributed by atoms with Gasteiger partial charge < -0.3 is 19.3 Å². The van der Waals surface area contributed by atoms with Crippen LogP contribution in [0.3, 0.4) is 0 Å². The number of aliphatic hydroxyl groups is 1. The number of aliphatic hydroxyl groups excluding tert-OH is 1. The number of ether oxygens (including phenoxy) is 3. The third kappa shape index (κ3) is 2.28. The normalized spacial score (nSPS) is 11.5. The van der Waals surface area contributed by atoms with E-state index in [1.165, 1.54) is 14.2 Å². The third-order valence-electron chi connectivity index (χ3n) is 2.40. The lowest BCUT2D eigenvalue weighted by Crippen LogP contribution is -2.34. The molecule has 0 saturated carbocycles. The molecule has 0 unspecified atom stereocenters. The van der Waals surface area contributed by atoms with Crippen molar-refractivity contribution in [1.82, 2.24) is 0 Å². The Morgan fingerprint density at radius 3 is 1.93 bits per heavy atom. The topological polar surface area (TPSA) is 47.9 Å². The molecule has 0 atom stereocenters. The van der Waals surface area contributed by atoms with Crippen LogP contribution in [0.25, 0.3) is 0 Å². The Balaban J connectivity index is 3.01. The molecule has 0 amide bonds. The van der Waals surface area contributed by atoms with Crippen LogP contribution < -0.4 is 4.74 Å². The van der Waals surface area contributed by atoms with Crippen LogP contribution in [0.15, 0.2) is 24.3 Å². The second kappa shape index (κ2) is 5.11. The first kappa shape index (κ1) is 12.0. The van der Waals surface area contributed by atoms with Crippen LogP contribution in [0, 0.1) is 0 Å². The lowest BCUT2D eigenvalue weighted by Gasteiger charge is -2.29. The van der Waals surface area contributed by atoms with Gasteiger partial charge in [-0.1, -0.05) is 0 Å². The highest BCUT2D eigenvalue weighted by molar-refractivity contribution is 5.30. The maximum Gasteiger partial charge on any atom is 0.218 e. The highest BCUT2D eigenvalue weighted by atomic mass is 16.7. The molecular weight excluding hydrogens is 196 g/mol. The molecule has 0 aliphatic heterocycles. The lowest BCUT2D eigenvalue weighted by molar-refractivity contribution is -0.236. The predicted octanol–water partition coefficient (Wildman–Crippen LogP) is 1.13. The molecule has 0 radical (unpaired) electrons. The van der Waals surface area contributed by atoms with E-state index in [0.29, 0.717) is 0 Å². The number of methoxy groups -OCH3 is 3. The van der Waals surface area contributed by atoms with Gasteiger partial charge in [0.1, 0.15) is 12.4 Å². The van der Waals surface area contributed by atoms with Crippen molar-refractivity contribution in [3.05, 3.63) is 29.8 Å². The summed E-state index contributed by atoms with van der Waals surface area (Å²) in [6.45, 7) is -0.244. The third-order valence-corrected chi connectivity index (χ3v) is 2.40. The monoisotopic (exact) mass is 212 g/mol. The first-order valence-electron chi connectivity index (χ1n) is 4.58. The molecule has 1 rings (SSSR count). The van der Waals surface area contributed by atoms with Gasteiger partial charge in [0.2, 0.25) is 5.79 Å². The molecule has 0 fully saturated rings. The molecule has 0 bridgehead atoms. The highest BCUT2D eigenvalue weighted by Gasteiger charge is 2.31. The summed E-state index contributed by atoms with van der Waals surface area (Å²) in [5.74, 6) is -0.343. The molecule has 0 saturated heterocycles. The first-order valence-corrected chi connectivity index (χ1v) is 4.58. The van der Waals surface area contributed by atoms with E-state index in [1.54, 1.807) is 31.4 Å². The van der Waals surface area contributed by atoms with Gasteiger partial charge >= 0.3 is 0 Å². The Kier molecular flexibility index (Phi) is 4.08. The number of hydrogen-bond donors (Lipinski definition) is 1. The molecule has 0 aliphatic rings. The van der Waals surface area contributed by atoms with Gasteiger partial charge in [-0.3, -0.25) is 0 Å².